The molecule has 4 unspecified atom stereocenters. The van der Waals surface area contributed by atoms with E-state index in [-0.39, 0.29) is 23.9 Å². The van der Waals surface area contributed by atoms with E-state index in [9.17, 15) is 9.59 Å². The number of hydrogen-bond donors (Lipinski definition) is 3. The number of nitrogens with zero attached hydrogens (tertiary/aromatic N) is 2. The third-order valence-corrected chi connectivity index (χ3v) is 6.84. The van der Waals surface area contributed by atoms with Gasteiger partial charge in [-0.05, 0) is 30.4 Å². The van der Waals surface area contributed by atoms with Gasteiger partial charge < -0.3 is 14.8 Å². The van der Waals surface area contributed by atoms with Crippen LogP contribution < -0.4 is 16.2 Å². The van der Waals surface area contributed by atoms with Crippen molar-refractivity contribution < 1.29 is 9.59 Å². The van der Waals surface area contributed by atoms with E-state index in [2.05, 4.69) is 45.1 Å². The molecule has 2 saturated heterocycles. The average molecular weight is 396 g/mol. The Morgan fingerprint density at radius 3 is 2.93 bits per heavy atom. The summed E-state index contributed by atoms with van der Waals surface area (Å²) < 4.78 is 2.15. The number of likely N-dealkylation sites (tertiary alicyclic amines) is 1. The molecule has 3 aliphatic rings. The summed E-state index contributed by atoms with van der Waals surface area (Å²) in [6, 6.07) is 10.8. The number of para-hydroxylation sites is 1. The smallest absolute Gasteiger partial charge is 0.225 e. The molecule has 0 spiro atoms. The third-order valence-electron chi connectivity index (χ3n) is 6.84. The number of fused-ring (bicyclic) bond motifs is 2. The standard InChI is InChI=1S/C22H29N5O2/c28-20-13-16(14-27(20)21-17-6-2-3-7-18(17)24-25-21)22(29)23-10-12-26-11-9-15-5-1-4-8-19(15)26/h1,4-5,8-9,11,16-18,21,24-25H,2-3,6-7,10,12-14H2,(H,23,29). The summed E-state index contributed by atoms with van der Waals surface area (Å²) in [5.74, 6) is 0.278. The highest BCUT2D eigenvalue weighted by Gasteiger charge is 2.46. The van der Waals surface area contributed by atoms with E-state index in [1.807, 2.05) is 17.0 Å². The van der Waals surface area contributed by atoms with Gasteiger partial charge in [0.15, 0.2) is 0 Å². The van der Waals surface area contributed by atoms with Crippen LogP contribution in [0.25, 0.3) is 10.9 Å². The van der Waals surface area contributed by atoms with E-state index in [0.29, 0.717) is 31.5 Å². The van der Waals surface area contributed by atoms with Crippen LogP contribution in [0, 0.1) is 11.8 Å². The molecule has 2 aliphatic heterocycles. The first-order valence-electron chi connectivity index (χ1n) is 10.8. The zero-order valence-electron chi connectivity index (χ0n) is 16.6. The summed E-state index contributed by atoms with van der Waals surface area (Å²) in [4.78, 5) is 27.2. The maximum absolute atomic E-state index is 12.7. The third kappa shape index (κ3) is 3.53. The second-order valence-electron chi connectivity index (χ2n) is 8.59. The summed E-state index contributed by atoms with van der Waals surface area (Å²) in [5, 5.41) is 4.24. The van der Waals surface area contributed by atoms with Gasteiger partial charge in [-0.15, -0.1) is 0 Å². The van der Waals surface area contributed by atoms with Crippen molar-refractivity contribution in [2.75, 3.05) is 13.1 Å². The molecule has 7 nitrogen and oxygen atoms in total. The van der Waals surface area contributed by atoms with Crippen LogP contribution in [0.15, 0.2) is 36.5 Å². The monoisotopic (exact) mass is 395 g/mol. The lowest BCUT2D eigenvalue weighted by atomic mass is 9.84. The van der Waals surface area contributed by atoms with Crippen LogP contribution in [0.2, 0.25) is 0 Å². The number of hydrogen-bond acceptors (Lipinski definition) is 4. The second-order valence-corrected chi connectivity index (χ2v) is 8.59. The largest absolute Gasteiger partial charge is 0.354 e. The highest BCUT2D eigenvalue weighted by molar-refractivity contribution is 5.89. The van der Waals surface area contributed by atoms with Gasteiger partial charge in [-0.25, -0.2) is 5.43 Å². The Kier molecular flexibility index (Phi) is 5.01. The Labute approximate surface area is 170 Å². The van der Waals surface area contributed by atoms with E-state index in [4.69, 9.17) is 0 Å². The molecule has 1 saturated carbocycles. The number of nitrogens with one attached hydrogen (secondary N) is 3. The van der Waals surface area contributed by atoms with Crippen molar-refractivity contribution in [3.8, 4) is 0 Å². The number of carbonyl (C=O) groups is 2. The average Bonchev–Trinajstić information content (AvgIpc) is 3.45. The normalized spacial score (nSPS) is 29.4. The minimum absolute atomic E-state index is 0.0107. The highest BCUT2D eigenvalue weighted by atomic mass is 16.2. The van der Waals surface area contributed by atoms with Gasteiger partial charge in [-0.1, -0.05) is 31.0 Å². The van der Waals surface area contributed by atoms with Gasteiger partial charge in [-0.2, -0.15) is 0 Å². The van der Waals surface area contributed by atoms with Crippen LogP contribution in [-0.2, 0) is 16.1 Å². The van der Waals surface area contributed by atoms with E-state index in [1.165, 1.54) is 23.7 Å². The summed E-state index contributed by atoms with van der Waals surface area (Å²) in [5.41, 5.74) is 7.87. The van der Waals surface area contributed by atoms with E-state index in [0.717, 1.165) is 19.4 Å². The molecule has 2 amide bonds. The molecule has 5 rings (SSSR count). The van der Waals surface area contributed by atoms with Gasteiger partial charge in [-0.3, -0.25) is 15.0 Å². The molecule has 3 fully saturated rings. The fourth-order valence-electron chi connectivity index (χ4n) is 5.28. The molecule has 1 aromatic carbocycles. The molecule has 154 valence electrons. The van der Waals surface area contributed by atoms with Crippen LogP contribution >= 0.6 is 0 Å². The van der Waals surface area contributed by atoms with E-state index in [1.54, 1.807) is 0 Å². The topological polar surface area (TPSA) is 78.4 Å². The molecule has 2 aromatic rings. The first-order chi connectivity index (χ1) is 14.2. The number of amides is 2. The summed E-state index contributed by atoms with van der Waals surface area (Å²) in [6.07, 6.45) is 7.16. The maximum Gasteiger partial charge on any atom is 0.225 e. The number of rotatable bonds is 5. The second kappa shape index (κ2) is 7.80. The van der Waals surface area contributed by atoms with Crippen molar-refractivity contribution in [3.63, 3.8) is 0 Å². The first-order valence-corrected chi connectivity index (χ1v) is 10.8. The van der Waals surface area contributed by atoms with Crippen molar-refractivity contribution >= 4 is 22.7 Å². The van der Waals surface area contributed by atoms with E-state index < -0.39 is 0 Å². The molecule has 3 N–H and O–H groups in total. The molecule has 4 atom stereocenters. The molecule has 3 heterocycles. The Morgan fingerprint density at radius 2 is 2.00 bits per heavy atom. The van der Waals surface area contributed by atoms with Crippen LogP contribution in [0.4, 0.5) is 0 Å². The summed E-state index contributed by atoms with van der Waals surface area (Å²) in [7, 11) is 0. The number of aromatic nitrogens is 1. The lowest BCUT2D eigenvalue weighted by Crippen LogP contribution is -2.48. The van der Waals surface area contributed by atoms with Gasteiger partial charge in [0, 0.05) is 49.7 Å². The van der Waals surface area contributed by atoms with E-state index >= 15 is 0 Å². The molecular formula is C22H29N5O2. The summed E-state index contributed by atoms with van der Waals surface area (Å²) in [6.45, 7) is 1.80. The zero-order valence-corrected chi connectivity index (χ0v) is 16.6. The predicted octanol–water partition coefficient (Wildman–Crippen LogP) is 1.60. The lowest BCUT2D eigenvalue weighted by molar-refractivity contribution is -0.131. The van der Waals surface area contributed by atoms with Gasteiger partial charge >= 0.3 is 0 Å². The molecule has 1 aliphatic carbocycles. The van der Waals surface area contributed by atoms with Crippen molar-refractivity contribution in [3.05, 3.63) is 36.5 Å². The minimum Gasteiger partial charge on any atom is -0.354 e. The van der Waals surface area contributed by atoms with Crippen LogP contribution in [0.3, 0.4) is 0 Å². The number of carbonyl (C=O) groups excluding carboxylic acids is 2. The maximum atomic E-state index is 12.7. The SMILES string of the molecule is O=C(NCCn1ccc2ccccc21)C1CC(=O)N(C2NNC3CCCCC32)C1. The zero-order chi connectivity index (χ0) is 19.8. The molecule has 0 radical (unpaired) electrons. The number of benzene rings is 1. The summed E-state index contributed by atoms with van der Waals surface area (Å²) >= 11 is 0. The fraction of sp³-hybridized carbons (Fsp3) is 0.545. The molecular weight excluding hydrogens is 366 g/mol. The molecule has 29 heavy (non-hydrogen) atoms. The quantitative estimate of drug-likeness (QED) is 0.719. The predicted molar refractivity (Wildman–Crippen MR) is 111 cm³/mol. The molecule has 0 bridgehead atoms. The molecule has 7 heteroatoms. The lowest BCUT2D eigenvalue weighted by Gasteiger charge is -2.32. The van der Waals surface area contributed by atoms with Gasteiger partial charge in [0.2, 0.25) is 11.8 Å². The van der Waals surface area contributed by atoms with Crippen molar-refractivity contribution in [2.45, 2.75) is 50.9 Å². The Morgan fingerprint density at radius 1 is 1.14 bits per heavy atom. The molecule has 1 aromatic heterocycles. The Hall–Kier alpha value is -2.38. The highest BCUT2D eigenvalue weighted by Crippen LogP contribution is 2.34. The van der Waals surface area contributed by atoms with Crippen molar-refractivity contribution in [2.24, 2.45) is 11.8 Å². The van der Waals surface area contributed by atoms with Crippen LogP contribution in [0.5, 0.6) is 0 Å². The van der Waals surface area contributed by atoms with Crippen LogP contribution in [0.1, 0.15) is 32.1 Å². The van der Waals surface area contributed by atoms with Crippen molar-refractivity contribution in [1.29, 1.82) is 0 Å². The minimum atomic E-state index is -0.256. The van der Waals surface area contributed by atoms with Gasteiger partial charge in [0.25, 0.3) is 0 Å². The first kappa shape index (κ1) is 18.6. The van der Waals surface area contributed by atoms with Crippen LogP contribution in [-0.4, -0.2) is 46.6 Å². The van der Waals surface area contributed by atoms with Gasteiger partial charge in [0.1, 0.15) is 0 Å². The Balaban J connectivity index is 1.15. The van der Waals surface area contributed by atoms with Gasteiger partial charge in [0.05, 0.1) is 12.1 Å². The Bertz CT molecular complexity index is 909. The fourth-order valence-corrected chi connectivity index (χ4v) is 5.28. The van der Waals surface area contributed by atoms with Crippen molar-refractivity contribution in [1.82, 2.24) is 25.6 Å². The number of hydrazine groups is 1.